The van der Waals surface area contributed by atoms with Gasteiger partial charge in [0.2, 0.25) is 5.91 Å². The monoisotopic (exact) mass is 513 g/mol. The number of nitrogens with zero attached hydrogens (tertiary/aromatic N) is 3. The zero-order valence-corrected chi connectivity index (χ0v) is 21.7. The maximum atomic E-state index is 14.9. The van der Waals surface area contributed by atoms with Crippen LogP contribution in [0.4, 0.5) is 15.8 Å². The Balaban J connectivity index is 1.61. The summed E-state index contributed by atoms with van der Waals surface area (Å²) in [5.74, 6) is -0.468. The lowest BCUT2D eigenvalue weighted by Crippen LogP contribution is -2.30. The number of carbonyl (C=O) groups is 1. The molecule has 1 fully saturated rings. The van der Waals surface area contributed by atoms with E-state index in [1.165, 1.54) is 6.07 Å². The normalized spacial score (nSPS) is 17.2. The number of aromatic nitrogens is 2. The maximum absolute atomic E-state index is 14.9. The number of aryl methyl sites for hydroxylation is 1. The third kappa shape index (κ3) is 4.72. The van der Waals surface area contributed by atoms with Gasteiger partial charge in [0.15, 0.2) is 5.11 Å². The number of anilines is 2. The first-order chi connectivity index (χ1) is 17.8. The standard InChI is InChI=1S/C29H28FN5OS/c1-18(2)28(36)32-22-14-13-20(17-19(22)3)35-27(26(33-29(35)37)23-10-6-7-15-31-23)25-12-8-16-34(25)24-11-5-4-9-21(24)30/h4-18,26-27H,1-3H3,(H,32,36)(H,33,37)/t26-,27-/m0/s1. The number of halogens is 1. The van der Waals surface area contributed by atoms with Crippen LogP contribution in [0.25, 0.3) is 5.69 Å². The van der Waals surface area contributed by atoms with Crippen molar-refractivity contribution in [2.75, 3.05) is 10.2 Å². The molecule has 4 aromatic rings. The van der Waals surface area contributed by atoms with E-state index in [1.807, 2.05) is 91.0 Å². The number of nitrogens with one attached hydrogen (secondary N) is 2. The van der Waals surface area contributed by atoms with Crippen LogP contribution in [0.5, 0.6) is 0 Å². The van der Waals surface area contributed by atoms with E-state index in [0.717, 1.165) is 28.3 Å². The van der Waals surface area contributed by atoms with Crippen molar-refractivity contribution in [1.29, 1.82) is 0 Å². The SMILES string of the molecule is Cc1cc(N2C(=S)N[C@@H](c3ccccn3)[C@@H]2c2cccn2-c2ccccc2F)ccc1NC(=O)C(C)C. The zero-order chi connectivity index (χ0) is 26.1. The van der Waals surface area contributed by atoms with Crippen molar-refractivity contribution in [2.45, 2.75) is 32.9 Å². The Morgan fingerprint density at radius 3 is 2.57 bits per heavy atom. The van der Waals surface area contributed by atoms with Gasteiger partial charge in [0.1, 0.15) is 11.9 Å². The number of hydrogen-bond acceptors (Lipinski definition) is 3. The van der Waals surface area contributed by atoms with Crippen molar-refractivity contribution in [2.24, 2.45) is 5.92 Å². The fraction of sp³-hybridized carbons (Fsp3) is 0.207. The van der Waals surface area contributed by atoms with Gasteiger partial charge in [-0.25, -0.2) is 4.39 Å². The summed E-state index contributed by atoms with van der Waals surface area (Å²) in [6, 6.07) is 21.7. The molecule has 8 heteroatoms. The summed E-state index contributed by atoms with van der Waals surface area (Å²) >= 11 is 5.85. The first-order valence-corrected chi connectivity index (χ1v) is 12.6. The minimum absolute atomic E-state index is 0.0370. The third-order valence-electron chi connectivity index (χ3n) is 6.56. The molecule has 2 aromatic heterocycles. The van der Waals surface area contributed by atoms with Crippen LogP contribution in [0.15, 0.2) is 85.2 Å². The van der Waals surface area contributed by atoms with Gasteiger partial charge in [-0.05, 0) is 79.3 Å². The van der Waals surface area contributed by atoms with E-state index in [1.54, 1.807) is 18.3 Å². The molecule has 1 aliphatic rings. The number of thiocarbonyl (C=S) groups is 1. The van der Waals surface area contributed by atoms with E-state index < -0.39 is 0 Å². The number of carbonyl (C=O) groups excluding carboxylic acids is 1. The highest BCUT2D eigenvalue weighted by Crippen LogP contribution is 2.43. The van der Waals surface area contributed by atoms with E-state index >= 15 is 0 Å². The van der Waals surface area contributed by atoms with Crippen LogP contribution < -0.4 is 15.5 Å². The van der Waals surface area contributed by atoms with Gasteiger partial charge in [0, 0.05) is 35.4 Å². The highest BCUT2D eigenvalue weighted by atomic mass is 32.1. The second-order valence-electron chi connectivity index (χ2n) is 9.39. The predicted molar refractivity (Wildman–Crippen MR) is 148 cm³/mol. The lowest BCUT2D eigenvalue weighted by Gasteiger charge is -2.29. The molecule has 6 nitrogen and oxygen atoms in total. The highest BCUT2D eigenvalue weighted by molar-refractivity contribution is 7.80. The van der Waals surface area contributed by atoms with Crippen molar-refractivity contribution in [3.05, 3.63) is 108 Å². The molecule has 0 aliphatic carbocycles. The smallest absolute Gasteiger partial charge is 0.226 e. The van der Waals surface area contributed by atoms with E-state index in [2.05, 4.69) is 15.6 Å². The molecular formula is C29H28FN5OS. The number of rotatable bonds is 6. The molecule has 188 valence electrons. The molecule has 2 aromatic carbocycles. The molecule has 2 N–H and O–H groups in total. The Bertz CT molecular complexity index is 1450. The predicted octanol–water partition coefficient (Wildman–Crippen LogP) is 6.09. The first kappa shape index (κ1) is 24.6. The van der Waals surface area contributed by atoms with Gasteiger partial charge >= 0.3 is 0 Å². The molecule has 1 saturated heterocycles. The molecule has 37 heavy (non-hydrogen) atoms. The van der Waals surface area contributed by atoms with Gasteiger partial charge < -0.3 is 20.1 Å². The van der Waals surface area contributed by atoms with Crippen LogP contribution in [0, 0.1) is 18.7 Å². The molecule has 1 amide bonds. The van der Waals surface area contributed by atoms with Gasteiger partial charge in [-0.15, -0.1) is 0 Å². The fourth-order valence-electron chi connectivity index (χ4n) is 4.65. The van der Waals surface area contributed by atoms with Gasteiger partial charge in [-0.2, -0.15) is 0 Å². The summed E-state index contributed by atoms with van der Waals surface area (Å²) in [6.45, 7) is 5.68. The Morgan fingerprint density at radius 2 is 1.86 bits per heavy atom. The Morgan fingerprint density at radius 1 is 1.08 bits per heavy atom. The third-order valence-corrected chi connectivity index (χ3v) is 6.88. The second kappa shape index (κ2) is 10.1. The Hall–Kier alpha value is -4.04. The number of pyridine rings is 1. The molecule has 0 radical (unpaired) electrons. The highest BCUT2D eigenvalue weighted by Gasteiger charge is 2.42. The van der Waals surface area contributed by atoms with Crippen molar-refractivity contribution in [1.82, 2.24) is 14.9 Å². The Kier molecular flexibility index (Phi) is 6.76. The summed E-state index contributed by atoms with van der Waals surface area (Å²) in [6.07, 6.45) is 3.62. The van der Waals surface area contributed by atoms with Crippen LogP contribution in [0.3, 0.4) is 0 Å². The second-order valence-corrected chi connectivity index (χ2v) is 9.78. The van der Waals surface area contributed by atoms with Gasteiger partial charge in [-0.3, -0.25) is 9.78 Å². The summed E-state index contributed by atoms with van der Waals surface area (Å²) in [5, 5.41) is 6.98. The quantitative estimate of drug-likeness (QED) is 0.306. The largest absolute Gasteiger partial charge is 0.351 e. The van der Waals surface area contributed by atoms with Crippen LogP contribution in [-0.4, -0.2) is 20.6 Å². The van der Waals surface area contributed by atoms with Crippen molar-refractivity contribution in [3.63, 3.8) is 0 Å². The molecule has 0 spiro atoms. The average Bonchev–Trinajstić information content (AvgIpc) is 3.50. The molecule has 0 unspecified atom stereocenters. The summed E-state index contributed by atoms with van der Waals surface area (Å²) in [5.41, 5.74) is 4.69. The van der Waals surface area contributed by atoms with E-state index in [4.69, 9.17) is 12.2 Å². The van der Waals surface area contributed by atoms with E-state index in [0.29, 0.717) is 10.8 Å². The topological polar surface area (TPSA) is 62.2 Å². The number of amides is 1. The number of hydrogen-bond donors (Lipinski definition) is 2. The van der Waals surface area contributed by atoms with Crippen LogP contribution >= 0.6 is 12.2 Å². The maximum Gasteiger partial charge on any atom is 0.226 e. The molecule has 0 saturated carbocycles. The molecule has 3 heterocycles. The minimum Gasteiger partial charge on any atom is -0.351 e. The van der Waals surface area contributed by atoms with Crippen LogP contribution in [0.1, 0.15) is 42.9 Å². The van der Waals surface area contributed by atoms with Crippen molar-refractivity contribution in [3.8, 4) is 5.69 Å². The van der Waals surface area contributed by atoms with Gasteiger partial charge in [0.05, 0.1) is 17.4 Å². The summed E-state index contributed by atoms with van der Waals surface area (Å²) in [7, 11) is 0. The first-order valence-electron chi connectivity index (χ1n) is 12.2. The molecule has 1 aliphatic heterocycles. The molecular weight excluding hydrogens is 485 g/mol. The van der Waals surface area contributed by atoms with Gasteiger partial charge in [-0.1, -0.05) is 32.0 Å². The van der Waals surface area contributed by atoms with Crippen LogP contribution in [-0.2, 0) is 4.79 Å². The van der Waals surface area contributed by atoms with Gasteiger partial charge in [0.25, 0.3) is 0 Å². The Labute approximate surface area is 221 Å². The fourth-order valence-corrected chi connectivity index (χ4v) is 5.00. The lowest BCUT2D eigenvalue weighted by atomic mass is 10.00. The van der Waals surface area contributed by atoms with Crippen LogP contribution in [0.2, 0.25) is 0 Å². The van der Waals surface area contributed by atoms with Crippen molar-refractivity contribution < 1.29 is 9.18 Å². The molecule has 0 bridgehead atoms. The average molecular weight is 514 g/mol. The number of benzene rings is 2. The molecule has 5 rings (SSSR count). The zero-order valence-electron chi connectivity index (χ0n) is 20.9. The number of para-hydroxylation sites is 1. The van der Waals surface area contributed by atoms with E-state index in [-0.39, 0.29) is 29.7 Å². The summed E-state index contributed by atoms with van der Waals surface area (Å²) in [4.78, 5) is 18.9. The molecule has 2 atom stereocenters. The lowest BCUT2D eigenvalue weighted by molar-refractivity contribution is -0.118. The summed E-state index contributed by atoms with van der Waals surface area (Å²) < 4.78 is 16.7. The minimum atomic E-state index is -0.312. The van der Waals surface area contributed by atoms with Crippen molar-refractivity contribution >= 4 is 34.6 Å². The van der Waals surface area contributed by atoms with E-state index in [9.17, 15) is 9.18 Å².